The van der Waals surface area contributed by atoms with Crippen LogP contribution in [0.4, 0.5) is 0 Å². The molecule has 3 aromatic rings. The van der Waals surface area contributed by atoms with Crippen LogP contribution in [0.25, 0.3) is 10.9 Å². The Morgan fingerprint density at radius 3 is 2.79 bits per heavy atom. The van der Waals surface area contributed by atoms with E-state index in [0.29, 0.717) is 12.8 Å². The van der Waals surface area contributed by atoms with Crippen molar-refractivity contribution in [2.75, 3.05) is 6.54 Å². The molecule has 0 saturated carbocycles. The van der Waals surface area contributed by atoms with Crippen LogP contribution in [0.3, 0.4) is 0 Å². The van der Waals surface area contributed by atoms with Crippen molar-refractivity contribution >= 4 is 16.8 Å². The van der Waals surface area contributed by atoms with Crippen molar-refractivity contribution in [1.29, 1.82) is 0 Å². The van der Waals surface area contributed by atoms with Crippen LogP contribution in [0.15, 0.2) is 54.7 Å². The van der Waals surface area contributed by atoms with Gasteiger partial charge in [0.1, 0.15) is 0 Å². The van der Waals surface area contributed by atoms with Crippen LogP contribution in [-0.4, -0.2) is 28.6 Å². The zero-order chi connectivity index (χ0) is 16.9. The average molecular weight is 322 g/mol. The Balaban J connectivity index is 1.53. The molecule has 4 heteroatoms. The molecule has 1 amide bonds. The second kappa shape index (κ2) is 7.32. The lowest BCUT2D eigenvalue weighted by Crippen LogP contribution is -2.34. The number of fused-ring (bicyclic) bond motifs is 1. The molecule has 1 heterocycles. The highest BCUT2D eigenvalue weighted by molar-refractivity contribution is 5.89. The van der Waals surface area contributed by atoms with Gasteiger partial charge in [0.25, 0.3) is 0 Å². The normalized spacial score (nSPS) is 12.2. The second-order valence-electron chi connectivity index (χ2n) is 6.19. The van der Waals surface area contributed by atoms with Crippen LogP contribution in [0, 0.1) is 6.92 Å². The molecule has 24 heavy (non-hydrogen) atoms. The van der Waals surface area contributed by atoms with Crippen molar-refractivity contribution < 1.29 is 9.90 Å². The number of rotatable bonds is 6. The molecule has 0 radical (unpaired) electrons. The molecule has 2 aromatic carbocycles. The summed E-state index contributed by atoms with van der Waals surface area (Å²) >= 11 is 0. The summed E-state index contributed by atoms with van der Waals surface area (Å²) < 4.78 is 0. The van der Waals surface area contributed by atoms with Crippen molar-refractivity contribution in [1.82, 2.24) is 10.3 Å². The Kier molecular flexibility index (Phi) is 4.96. The molecule has 1 atom stereocenters. The number of amides is 1. The van der Waals surface area contributed by atoms with Crippen LogP contribution >= 0.6 is 0 Å². The van der Waals surface area contributed by atoms with E-state index in [0.717, 1.165) is 22.0 Å². The van der Waals surface area contributed by atoms with Gasteiger partial charge in [0.05, 0.1) is 12.5 Å². The van der Waals surface area contributed by atoms with E-state index in [1.54, 1.807) is 0 Å². The van der Waals surface area contributed by atoms with Gasteiger partial charge in [-0.1, -0.05) is 42.5 Å². The lowest BCUT2D eigenvalue weighted by Gasteiger charge is -2.12. The Labute approximate surface area is 141 Å². The highest BCUT2D eigenvalue weighted by Crippen LogP contribution is 2.19. The molecule has 0 fully saturated rings. The number of aromatic amines is 1. The Morgan fingerprint density at radius 2 is 2.00 bits per heavy atom. The zero-order valence-corrected chi connectivity index (χ0v) is 13.8. The summed E-state index contributed by atoms with van der Waals surface area (Å²) in [5, 5.41) is 13.9. The van der Waals surface area contributed by atoms with Gasteiger partial charge in [-0.3, -0.25) is 4.79 Å². The third kappa shape index (κ3) is 4.03. The summed E-state index contributed by atoms with van der Waals surface area (Å²) in [5.41, 5.74) is 4.26. The fraction of sp³-hybridized carbons (Fsp3) is 0.250. The number of nitrogens with one attached hydrogen (secondary N) is 2. The van der Waals surface area contributed by atoms with E-state index >= 15 is 0 Å². The molecule has 1 aromatic heterocycles. The highest BCUT2D eigenvalue weighted by atomic mass is 16.3. The molecule has 0 saturated heterocycles. The maximum atomic E-state index is 12.1. The van der Waals surface area contributed by atoms with Crippen molar-refractivity contribution in [3.05, 3.63) is 71.4 Å². The summed E-state index contributed by atoms with van der Waals surface area (Å²) in [7, 11) is 0. The predicted octanol–water partition coefficient (Wildman–Crippen LogP) is 2.74. The third-order valence-corrected chi connectivity index (χ3v) is 4.12. The molecule has 4 nitrogen and oxygen atoms in total. The van der Waals surface area contributed by atoms with Crippen LogP contribution in [0.1, 0.15) is 16.7 Å². The molecule has 0 bridgehead atoms. The molecule has 124 valence electrons. The lowest BCUT2D eigenvalue weighted by atomic mass is 10.1. The van der Waals surface area contributed by atoms with E-state index in [1.807, 2.05) is 55.6 Å². The van der Waals surface area contributed by atoms with E-state index in [1.165, 1.54) is 5.56 Å². The number of aryl methyl sites for hydroxylation is 1. The Morgan fingerprint density at radius 1 is 1.21 bits per heavy atom. The van der Waals surface area contributed by atoms with E-state index in [2.05, 4.69) is 16.4 Å². The Hall–Kier alpha value is -2.59. The van der Waals surface area contributed by atoms with E-state index in [9.17, 15) is 9.90 Å². The van der Waals surface area contributed by atoms with Gasteiger partial charge >= 0.3 is 0 Å². The number of hydrogen-bond donors (Lipinski definition) is 3. The summed E-state index contributed by atoms with van der Waals surface area (Å²) in [4.78, 5) is 15.3. The number of aliphatic hydroxyl groups excluding tert-OH is 1. The number of carbonyl (C=O) groups is 1. The smallest absolute Gasteiger partial charge is 0.224 e. The zero-order valence-electron chi connectivity index (χ0n) is 13.8. The number of benzene rings is 2. The van der Waals surface area contributed by atoms with Gasteiger partial charge < -0.3 is 15.4 Å². The fourth-order valence-corrected chi connectivity index (χ4v) is 2.87. The minimum Gasteiger partial charge on any atom is -0.391 e. The molecule has 0 aliphatic heterocycles. The summed E-state index contributed by atoms with van der Waals surface area (Å²) in [5.74, 6) is -0.0800. The number of aromatic nitrogens is 1. The van der Waals surface area contributed by atoms with Gasteiger partial charge in [-0.05, 0) is 29.7 Å². The monoisotopic (exact) mass is 322 g/mol. The van der Waals surface area contributed by atoms with Crippen molar-refractivity contribution in [3.63, 3.8) is 0 Å². The van der Waals surface area contributed by atoms with Crippen molar-refractivity contribution in [2.24, 2.45) is 0 Å². The van der Waals surface area contributed by atoms with Crippen molar-refractivity contribution in [2.45, 2.75) is 25.9 Å². The van der Waals surface area contributed by atoms with Crippen LogP contribution < -0.4 is 5.32 Å². The highest BCUT2D eigenvalue weighted by Gasteiger charge is 2.11. The largest absolute Gasteiger partial charge is 0.391 e. The quantitative estimate of drug-likeness (QED) is 0.653. The first-order valence-electron chi connectivity index (χ1n) is 8.17. The SMILES string of the molecule is Cc1ccc2c(CC(=O)NCC(O)Cc3ccccc3)c[nH]c2c1. The number of hydrogen-bond acceptors (Lipinski definition) is 2. The first kappa shape index (κ1) is 16.3. The third-order valence-electron chi connectivity index (χ3n) is 4.12. The Bertz CT molecular complexity index is 824. The maximum Gasteiger partial charge on any atom is 0.224 e. The van der Waals surface area contributed by atoms with Gasteiger partial charge in [0, 0.05) is 30.1 Å². The van der Waals surface area contributed by atoms with Gasteiger partial charge in [-0.15, -0.1) is 0 Å². The molecule has 0 spiro atoms. The van der Waals surface area contributed by atoms with Gasteiger partial charge in [-0.2, -0.15) is 0 Å². The van der Waals surface area contributed by atoms with Crippen molar-refractivity contribution in [3.8, 4) is 0 Å². The van der Waals surface area contributed by atoms with E-state index < -0.39 is 6.10 Å². The minimum absolute atomic E-state index is 0.0800. The summed E-state index contributed by atoms with van der Waals surface area (Å²) in [6.45, 7) is 2.30. The first-order valence-corrected chi connectivity index (χ1v) is 8.17. The summed E-state index contributed by atoms with van der Waals surface area (Å²) in [6, 6.07) is 15.9. The standard InChI is InChI=1S/C20H22N2O2/c1-14-7-8-18-16(12-21-19(18)9-14)11-20(24)22-13-17(23)10-15-5-3-2-4-6-15/h2-9,12,17,21,23H,10-11,13H2,1H3,(H,22,24). The van der Waals surface area contributed by atoms with Crippen LogP contribution in [-0.2, 0) is 17.6 Å². The molecule has 3 rings (SSSR count). The molecule has 0 aliphatic rings. The number of carbonyl (C=O) groups excluding carboxylic acids is 1. The molecule has 0 aliphatic carbocycles. The molecular weight excluding hydrogens is 300 g/mol. The second-order valence-corrected chi connectivity index (χ2v) is 6.19. The topological polar surface area (TPSA) is 65.1 Å². The number of H-pyrrole nitrogens is 1. The lowest BCUT2D eigenvalue weighted by molar-refractivity contribution is -0.120. The molecular formula is C20H22N2O2. The maximum absolute atomic E-state index is 12.1. The van der Waals surface area contributed by atoms with Crippen LogP contribution in [0.2, 0.25) is 0 Å². The molecule has 1 unspecified atom stereocenters. The first-order chi connectivity index (χ1) is 11.6. The van der Waals surface area contributed by atoms with Gasteiger partial charge in [0.15, 0.2) is 0 Å². The predicted molar refractivity (Wildman–Crippen MR) is 95.9 cm³/mol. The summed E-state index contributed by atoms with van der Waals surface area (Å²) in [6.07, 6.45) is 2.14. The fourth-order valence-electron chi connectivity index (χ4n) is 2.87. The van der Waals surface area contributed by atoms with Gasteiger partial charge in [-0.25, -0.2) is 0 Å². The van der Waals surface area contributed by atoms with Crippen LogP contribution in [0.5, 0.6) is 0 Å². The van der Waals surface area contributed by atoms with E-state index in [-0.39, 0.29) is 12.5 Å². The minimum atomic E-state index is -0.582. The van der Waals surface area contributed by atoms with Gasteiger partial charge in [0.2, 0.25) is 5.91 Å². The van der Waals surface area contributed by atoms with E-state index in [4.69, 9.17) is 0 Å². The average Bonchev–Trinajstić information content (AvgIpc) is 2.96. The number of aliphatic hydroxyl groups is 1. The molecule has 3 N–H and O–H groups in total.